The van der Waals surface area contributed by atoms with E-state index < -0.39 is 0 Å². The van der Waals surface area contributed by atoms with Crippen molar-refractivity contribution in [2.75, 3.05) is 18.0 Å². The van der Waals surface area contributed by atoms with Crippen molar-refractivity contribution < 1.29 is 9.18 Å². The van der Waals surface area contributed by atoms with E-state index in [0.717, 1.165) is 16.4 Å². The van der Waals surface area contributed by atoms with Gasteiger partial charge in [0.15, 0.2) is 5.13 Å². The van der Waals surface area contributed by atoms with Crippen molar-refractivity contribution in [1.82, 2.24) is 10.3 Å². The van der Waals surface area contributed by atoms with E-state index in [2.05, 4.69) is 10.3 Å². The van der Waals surface area contributed by atoms with E-state index in [-0.39, 0.29) is 24.3 Å². The third kappa shape index (κ3) is 4.27. The molecule has 1 N–H and O–H groups in total. The third-order valence-corrected chi connectivity index (χ3v) is 3.97. The number of rotatable bonds is 6. The van der Waals surface area contributed by atoms with Crippen molar-refractivity contribution in [3.63, 3.8) is 0 Å². The highest BCUT2D eigenvalue weighted by molar-refractivity contribution is 7.14. The Balaban J connectivity index is 2.11. The molecule has 2 rings (SSSR count). The number of aromatic nitrogens is 1. The van der Waals surface area contributed by atoms with Crippen LogP contribution < -0.4 is 10.2 Å². The Morgan fingerprint density at radius 1 is 1.36 bits per heavy atom. The van der Waals surface area contributed by atoms with Crippen LogP contribution in [0.1, 0.15) is 20.8 Å². The highest BCUT2D eigenvalue weighted by atomic mass is 32.1. The van der Waals surface area contributed by atoms with E-state index >= 15 is 0 Å². The molecule has 0 atom stereocenters. The summed E-state index contributed by atoms with van der Waals surface area (Å²) in [5.74, 6) is -0.282. The molecule has 1 aromatic heterocycles. The third-order valence-electron chi connectivity index (χ3n) is 3.07. The van der Waals surface area contributed by atoms with E-state index in [1.54, 1.807) is 12.1 Å². The quantitative estimate of drug-likeness (QED) is 0.888. The van der Waals surface area contributed by atoms with Crippen LogP contribution in [0.4, 0.5) is 9.52 Å². The standard InChI is InChI=1S/C16H20FN3OS/c1-4-20(9-15(21)18-11(2)3)16-19-14(10-22-16)12-5-7-13(17)8-6-12/h5-8,10-11H,4,9H2,1-3H3,(H,18,21). The number of thiazole rings is 1. The first-order valence-electron chi connectivity index (χ1n) is 7.25. The molecule has 22 heavy (non-hydrogen) atoms. The molecule has 0 bridgehead atoms. The number of amides is 1. The van der Waals surface area contributed by atoms with Crippen LogP contribution in [-0.4, -0.2) is 30.0 Å². The SMILES string of the molecule is CCN(CC(=O)NC(C)C)c1nc(-c2ccc(F)cc2)cs1. The van der Waals surface area contributed by atoms with Crippen molar-refractivity contribution >= 4 is 22.4 Å². The monoisotopic (exact) mass is 321 g/mol. The van der Waals surface area contributed by atoms with Crippen LogP contribution in [0.25, 0.3) is 11.3 Å². The number of hydrogen-bond acceptors (Lipinski definition) is 4. The number of benzene rings is 1. The molecule has 1 heterocycles. The number of nitrogens with zero attached hydrogens (tertiary/aromatic N) is 2. The number of nitrogens with one attached hydrogen (secondary N) is 1. The Morgan fingerprint density at radius 3 is 2.64 bits per heavy atom. The van der Waals surface area contributed by atoms with Gasteiger partial charge in [-0.25, -0.2) is 9.37 Å². The van der Waals surface area contributed by atoms with Gasteiger partial charge >= 0.3 is 0 Å². The molecule has 0 fully saturated rings. The Labute approximate surface area is 134 Å². The van der Waals surface area contributed by atoms with Gasteiger partial charge in [0, 0.05) is 23.5 Å². The normalized spacial score (nSPS) is 10.8. The van der Waals surface area contributed by atoms with Crippen molar-refractivity contribution in [1.29, 1.82) is 0 Å². The zero-order valence-corrected chi connectivity index (χ0v) is 13.8. The van der Waals surface area contributed by atoms with Crippen molar-refractivity contribution in [3.8, 4) is 11.3 Å². The van der Waals surface area contributed by atoms with E-state index in [1.807, 2.05) is 31.1 Å². The van der Waals surface area contributed by atoms with Gasteiger partial charge in [-0.3, -0.25) is 4.79 Å². The van der Waals surface area contributed by atoms with Crippen LogP contribution in [0.15, 0.2) is 29.6 Å². The minimum atomic E-state index is -0.264. The molecule has 1 aromatic carbocycles. The lowest BCUT2D eigenvalue weighted by atomic mass is 10.2. The first-order valence-corrected chi connectivity index (χ1v) is 8.13. The number of hydrogen-bond donors (Lipinski definition) is 1. The van der Waals surface area contributed by atoms with E-state index in [1.165, 1.54) is 23.5 Å². The molecular formula is C16H20FN3OS. The van der Waals surface area contributed by atoms with Crippen LogP contribution in [0.2, 0.25) is 0 Å². The molecule has 0 aliphatic rings. The van der Waals surface area contributed by atoms with Gasteiger partial charge in [0.2, 0.25) is 5.91 Å². The molecule has 0 unspecified atom stereocenters. The smallest absolute Gasteiger partial charge is 0.239 e. The van der Waals surface area contributed by atoms with Gasteiger partial charge in [0.05, 0.1) is 12.2 Å². The van der Waals surface area contributed by atoms with Crippen LogP contribution in [0, 0.1) is 5.82 Å². The fourth-order valence-corrected chi connectivity index (χ4v) is 2.92. The molecule has 118 valence electrons. The minimum absolute atomic E-state index is 0.0182. The Kier molecular flexibility index (Phi) is 5.49. The second-order valence-corrected chi connectivity index (χ2v) is 6.10. The van der Waals surface area contributed by atoms with E-state index in [0.29, 0.717) is 6.54 Å². The summed E-state index contributed by atoms with van der Waals surface area (Å²) < 4.78 is 13.0. The summed E-state index contributed by atoms with van der Waals surface area (Å²) in [5.41, 5.74) is 1.66. The number of anilines is 1. The van der Waals surface area contributed by atoms with Gasteiger partial charge in [-0.2, -0.15) is 0 Å². The van der Waals surface area contributed by atoms with Crippen molar-refractivity contribution in [2.24, 2.45) is 0 Å². The molecule has 0 aliphatic heterocycles. The van der Waals surface area contributed by atoms with E-state index in [9.17, 15) is 9.18 Å². The maximum atomic E-state index is 13.0. The van der Waals surface area contributed by atoms with Crippen LogP contribution in [-0.2, 0) is 4.79 Å². The fourth-order valence-electron chi connectivity index (χ4n) is 2.02. The van der Waals surface area contributed by atoms with Crippen molar-refractivity contribution in [3.05, 3.63) is 35.5 Å². The minimum Gasteiger partial charge on any atom is -0.352 e. The molecule has 0 saturated carbocycles. The largest absolute Gasteiger partial charge is 0.352 e. The topological polar surface area (TPSA) is 45.2 Å². The molecule has 6 heteroatoms. The van der Waals surface area contributed by atoms with Gasteiger partial charge in [0.25, 0.3) is 0 Å². The van der Waals surface area contributed by atoms with Crippen LogP contribution in [0.3, 0.4) is 0 Å². The number of halogens is 1. The van der Waals surface area contributed by atoms with Gasteiger partial charge in [-0.05, 0) is 45.0 Å². The first-order chi connectivity index (χ1) is 10.5. The second kappa shape index (κ2) is 7.35. The highest BCUT2D eigenvalue weighted by Gasteiger charge is 2.14. The summed E-state index contributed by atoms with van der Waals surface area (Å²) >= 11 is 1.48. The zero-order chi connectivity index (χ0) is 16.1. The average molecular weight is 321 g/mol. The Hall–Kier alpha value is -1.95. The lowest BCUT2D eigenvalue weighted by Crippen LogP contribution is -2.40. The van der Waals surface area contributed by atoms with Crippen molar-refractivity contribution in [2.45, 2.75) is 26.8 Å². The molecule has 0 spiro atoms. The summed E-state index contributed by atoms with van der Waals surface area (Å²) in [7, 11) is 0. The van der Waals surface area contributed by atoms with Gasteiger partial charge in [0.1, 0.15) is 5.82 Å². The average Bonchev–Trinajstić information content (AvgIpc) is 2.94. The Bertz CT molecular complexity index is 625. The van der Waals surface area contributed by atoms with Crippen LogP contribution >= 0.6 is 11.3 Å². The van der Waals surface area contributed by atoms with E-state index in [4.69, 9.17) is 0 Å². The fraction of sp³-hybridized carbons (Fsp3) is 0.375. The van der Waals surface area contributed by atoms with Crippen LogP contribution in [0.5, 0.6) is 0 Å². The lowest BCUT2D eigenvalue weighted by Gasteiger charge is -2.20. The summed E-state index contributed by atoms with van der Waals surface area (Å²) in [6, 6.07) is 6.37. The molecule has 0 saturated heterocycles. The predicted octanol–water partition coefficient (Wildman–Crippen LogP) is 3.30. The highest BCUT2D eigenvalue weighted by Crippen LogP contribution is 2.27. The lowest BCUT2D eigenvalue weighted by molar-refractivity contribution is -0.120. The molecule has 2 aromatic rings. The van der Waals surface area contributed by atoms with Gasteiger partial charge in [-0.15, -0.1) is 11.3 Å². The zero-order valence-electron chi connectivity index (χ0n) is 13.0. The summed E-state index contributed by atoms with van der Waals surface area (Å²) in [6.07, 6.45) is 0. The maximum absolute atomic E-state index is 13.0. The molecule has 0 aliphatic carbocycles. The maximum Gasteiger partial charge on any atom is 0.239 e. The predicted molar refractivity (Wildman–Crippen MR) is 88.7 cm³/mol. The molecule has 4 nitrogen and oxygen atoms in total. The first kappa shape index (κ1) is 16.4. The number of likely N-dealkylation sites (N-methyl/N-ethyl adjacent to an activating group) is 1. The number of carbonyl (C=O) groups is 1. The summed E-state index contributed by atoms with van der Waals surface area (Å²) in [4.78, 5) is 18.4. The van der Waals surface area contributed by atoms with Gasteiger partial charge in [-0.1, -0.05) is 0 Å². The van der Waals surface area contributed by atoms with Gasteiger partial charge < -0.3 is 10.2 Å². The summed E-state index contributed by atoms with van der Waals surface area (Å²) in [5, 5.41) is 5.59. The molecular weight excluding hydrogens is 301 g/mol. The summed E-state index contributed by atoms with van der Waals surface area (Å²) in [6.45, 7) is 6.84. The molecule has 1 amide bonds. The molecule has 0 radical (unpaired) electrons. The second-order valence-electron chi connectivity index (χ2n) is 5.26. The number of carbonyl (C=O) groups excluding carboxylic acids is 1. The Morgan fingerprint density at radius 2 is 2.05 bits per heavy atom.